The van der Waals surface area contributed by atoms with E-state index in [1.807, 2.05) is 6.92 Å². The number of hydrogen-bond donors (Lipinski definition) is 2. The lowest BCUT2D eigenvalue weighted by molar-refractivity contribution is -0.137. The lowest BCUT2D eigenvalue weighted by Gasteiger charge is -2.17. The molecule has 0 aromatic carbocycles. The SMILES string of the molecule is CC(C)C(C)NC(=O)CCOCCOCCOCCOCCNC(=O)CCN1C(=O)C=CC1=O. The molecule has 0 radical (unpaired) electrons. The summed E-state index contributed by atoms with van der Waals surface area (Å²) in [7, 11) is 0. The summed E-state index contributed by atoms with van der Waals surface area (Å²) in [4.78, 5) is 47.2. The van der Waals surface area contributed by atoms with Crippen molar-refractivity contribution in [2.45, 2.75) is 39.7 Å². The Morgan fingerprint density at radius 3 is 1.79 bits per heavy atom. The van der Waals surface area contributed by atoms with Crippen molar-refractivity contribution in [1.82, 2.24) is 15.5 Å². The van der Waals surface area contributed by atoms with Crippen molar-refractivity contribution >= 4 is 23.6 Å². The van der Waals surface area contributed by atoms with Crippen LogP contribution in [-0.2, 0) is 38.1 Å². The lowest BCUT2D eigenvalue weighted by Crippen LogP contribution is -2.36. The van der Waals surface area contributed by atoms with Gasteiger partial charge in [0, 0.05) is 44.1 Å². The molecule has 2 N–H and O–H groups in total. The second-order valence-corrected chi connectivity index (χ2v) is 8.06. The van der Waals surface area contributed by atoms with Gasteiger partial charge in [0.25, 0.3) is 11.8 Å². The number of carbonyl (C=O) groups is 4. The highest BCUT2D eigenvalue weighted by Gasteiger charge is 2.23. The van der Waals surface area contributed by atoms with Gasteiger partial charge in [0.1, 0.15) is 0 Å². The van der Waals surface area contributed by atoms with Crippen LogP contribution in [-0.4, -0.2) is 101 Å². The molecule has 11 heteroatoms. The maximum Gasteiger partial charge on any atom is 0.253 e. The molecular weight excluding hydrogens is 446 g/mol. The number of hydrogen-bond acceptors (Lipinski definition) is 8. The quantitative estimate of drug-likeness (QED) is 0.182. The Balaban J connectivity index is 1.80. The van der Waals surface area contributed by atoms with E-state index >= 15 is 0 Å². The van der Waals surface area contributed by atoms with E-state index in [9.17, 15) is 19.2 Å². The second-order valence-electron chi connectivity index (χ2n) is 8.06. The minimum absolute atomic E-state index is 0.00853. The highest BCUT2D eigenvalue weighted by molar-refractivity contribution is 6.13. The van der Waals surface area contributed by atoms with Crippen LogP contribution in [0.1, 0.15) is 33.6 Å². The summed E-state index contributed by atoms with van der Waals surface area (Å²) in [5, 5.41) is 5.60. The Kier molecular flexibility index (Phi) is 15.8. The van der Waals surface area contributed by atoms with Gasteiger partial charge in [0.05, 0.1) is 52.9 Å². The summed E-state index contributed by atoms with van der Waals surface area (Å²) in [5.41, 5.74) is 0. The molecule has 0 saturated heterocycles. The zero-order valence-electron chi connectivity index (χ0n) is 20.5. The maximum atomic E-state index is 11.7. The molecule has 4 amide bonds. The van der Waals surface area contributed by atoms with Gasteiger partial charge < -0.3 is 29.6 Å². The van der Waals surface area contributed by atoms with Crippen LogP contribution in [0.25, 0.3) is 0 Å². The number of rotatable bonds is 20. The first-order valence-corrected chi connectivity index (χ1v) is 11.7. The fourth-order valence-corrected chi connectivity index (χ4v) is 2.64. The Hall–Kier alpha value is -2.34. The Labute approximate surface area is 201 Å². The van der Waals surface area contributed by atoms with E-state index in [0.29, 0.717) is 71.7 Å². The molecule has 0 bridgehead atoms. The molecule has 0 spiro atoms. The molecule has 1 aliphatic rings. The van der Waals surface area contributed by atoms with E-state index in [1.54, 1.807) is 0 Å². The predicted molar refractivity (Wildman–Crippen MR) is 124 cm³/mol. The molecule has 0 saturated carbocycles. The van der Waals surface area contributed by atoms with Gasteiger partial charge in [-0.25, -0.2) is 0 Å². The number of nitrogens with zero attached hydrogens (tertiary/aromatic N) is 1. The molecule has 0 aliphatic carbocycles. The molecule has 11 nitrogen and oxygen atoms in total. The molecule has 1 unspecified atom stereocenters. The van der Waals surface area contributed by atoms with E-state index in [2.05, 4.69) is 24.5 Å². The van der Waals surface area contributed by atoms with Gasteiger partial charge in [-0.1, -0.05) is 13.8 Å². The van der Waals surface area contributed by atoms with Crippen molar-refractivity contribution in [3.05, 3.63) is 12.2 Å². The third-order valence-corrected chi connectivity index (χ3v) is 5.01. The van der Waals surface area contributed by atoms with Crippen LogP contribution >= 0.6 is 0 Å². The van der Waals surface area contributed by atoms with Crippen molar-refractivity contribution in [3.63, 3.8) is 0 Å². The average molecular weight is 486 g/mol. The first-order valence-electron chi connectivity index (χ1n) is 11.7. The molecular formula is C23H39N3O8. The van der Waals surface area contributed by atoms with Gasteiger partial charge in [-0.05, 0) is 12.8 Å². The van der Waals surface area contributed by atoms with Crippen LogP contribution in [0.3, 0.4) is 0 Å². The van der Waals surface area contributed by atoms with E-state index in [0.717, 1.165) is 4.90 Å². The van der Waals surface area contributed by atoms with E-state index in [1.165, 1.54) is 12.2 Å². The van der Waals surface area contributed by atoms with Crippen molar-refractivity contribution in [3.8, 4) is 0 Å². The predicted octanol–water partition coefficient (Wildman–Crippen LogP) is 0.0349. The number of imide groups is 1. The monoisotopic (exact) mass is 485 g/mol. The summed E-state index contributed by atoms with van der Waals surface area (Å²) in [6.07, 6.45) is 2.77. The van der Waals surface area contributed by atoms with Crippen LogP contribution < -0.4 is 10.6 Å². The fraction of sp³-hybridized carbons (Fsp3) is 0.739. The largest absolute Gasteiger partial charge is 0.379 e. The molecule has 194 valence electrons. The summed E-state index contributed by atoms with van der Waals surface area (Å²) in [6.45, 7) is 9.71. The van der Waals surface area contributed by atoms with Crippen LogP contribution in [0.5, 0.6) is 0 Å². The van der Waals surface area contributed by atoms with Gasteiger partial charge in [-0.3, -0.25) is 24.1 Å². The zero-order chi connectivity index (χ0) is 25.2. The van der Waals surface area contributed by atoms with E-state index in [4.69, 9.17) is 18.9 Å². The van der Waals surface area contributed by atoms with Crippen LogP contribution in [0.4, 0.5) is 0 Å². The zero-order valence-corrected chi connectivity index (χ0v) is 20.5. The Morgan fingerprint density at radius 1 is 0.765 bits per heavy atom. The molecule has 34 heavy (non-hydrogen) atoms. The maximum absolute atomic E-state index is 11.7. The molecule has 1 rings (SSSR count). The van der Waals surface area contributed by atoms with Crippen molar-refractivity contribution in [2.75, 3.05) is 65.9 Å². The van der Waals surface area contributed by atoms with Gasteiger partial charge in [0.15, 0.2) is 0 Å². The van der Waals surface area contributed by atoms with Crippen molar-refractivity contribution < 1.29 is 38.1 Å². The average Bonchev–Trinajstić information content (AvgIpc) is 3.11. The van der Waals surface area contributed by atoms with Gasteiger partial charge in [0.2, 0.25) is 11.8 Å². The van der Waals surface area contributed by atoms with E-state index < -0.39 is 11.8 Å². The Bertz CT molecular complexity index is 651. The third-order valence-electron chi connectivity index (χ3n) is 5.01. The second kappa shape index (κ2) is 18.0. The van der Waals surface area contributed by atoms with Gasteiger partial charge in [-0.15, -0.1) is 0 Å². The van der Waals surface area contributed by atoms with Crippen LogP contribution in [0.15, 0.2) is 12.2 Å². The minimum Gasteiger partial charge on any atom is -0.379 e. The number of carbonyl (C=O) groups excluding carboxylic acids is 4. The summed E-state index contributed by atoms with van der Waals surface area (Å²) in [5.74, 6) is -0.652. The highest BCUT2D eigenvalue weighted by atomic mass is 16.6. The van der Waals surface area contributed by atoms with Crippen molar-refractivity contribution in [2.24, 2.45) is 5.92 Å². The first kappa shape index (κ1) is 29.7. The third kappa shape index (κ3) is 14.0. The molecule has 0 aromatic rings. The first-order chi connectivity index (χ1) is 16.3. The highest BCUT2D eigenvalue weighted by Crippen LogP contribution is 2.04. The normalized spacial score (nSPS) is 14.2. The molecule has 1 aliphatic heterocycles. The molecule has 0 fully saturated rings. The topological polar surface area (TPSA) is 132 Å². The Morgan fingerprint density at radius 2 is 1.26 bits per heavy atom. The molecule has 1 heterocycles. The lowest BCUT2D eigenvalue weighted by atomic mass is 10.1. The van der Waals surface area contributed by atoms with Gasteiger partial charge in [-0.2, -0.15) is 0 Å². The molecule has 0 aromatic heterocycles. The minimum atomic E-state index is -0.395. The van der Waals surface area contributed by atoms with Crippen LogP contribution in [0, 0.1) is 5.92 Å². The summed E-state index contributed by atoms with van der Waals surface area (Å²) in [6, 6.07) is 0.151. The van der Waals surface area contributed by atoms with Crippen LogP contribution in [0.2, 0.25) is 0 Å². The standard InChI is InChI=1S/C23H39N3O8/c1-18(2)19(3)25-21(28)7-10-31-12-14-33-16-17-34-15-13-32-11-8-24-20(27)6-9-26-22(29)4-5-23(26)30/h4-5,18-19H,6-17H2,1-3H3,(H,24,27)(H,25,28). The molecule has 1 atom stereocenters. The summed E-state index contributed by atoms with van der Waals surface area (Å²) >= 11 is 0. The van der Waals surface area contributed by atoms with Gasteiger partial charge >= 0.3 is 0 Å². The fourth-order valence-electron chi connectivity index (χ4n) is 2.64. The van der Waals surface area contributed by atoms with Crippen molar-refractivity contribution in [1.29, 1.82) is 0 Å². The number of amides is 4. The number of nitrogens with one attached hydrogen (secondary N) is 2. The number of ether oxygens (including phenoxy) is 4. The summed E-state index contributed by atoms with van der Waals surface area (Å²) < 4.78 is 21.5. The smallest absolute Gasteiger partial charge is 0.253 e. The van der Waals surface area contributed by atoms with E-state index in [-0.39, 0.29) is 30.8 Å².